The van der Waals surface area contributed by atoms with Crippen molar-refractivity contribution in [3.05, 3.63) is 10.1 Å². The van der Waals surface area contributed by atoms with Crippen molar-refractivity contribution >= 4 is 23.0 Å². The van der Waals surface area contributed by atoms with E-state index in [0.29, 0.717) is 25.7 Å². The molecule has 0 aromatic heterocycles. The second kappa shape index (κ2) is 8.70. The van der Waals surface area contributed by atoms with Gasteiger partial charge in [-0.05, 0) is 38.0 Å². The standard InChI is InChI=1S/C15H23NO8S/c17-14(18)10-5-11(15(19)20)7-13(6-10)24-25(23)8-9-1-3-12(4-2-9)16(21)22/h9-13H,1-8H2,(H,17,18)(H,19,20). The van der Waals surface area contributed by atoms with Crippen molar-refractivity contribution < 1.29 is 33.1 Å². The van der Waals surface area contributed by atoms with Crippen LogP contribution in [0.3, 0.4) is 0 Å². The third-order valence-electron chi connectivity index (χ3n) is 5.09. The molecule has 10 heteroatoms. The molecular formula is C15H23NO8S. The quantitative estimate of drug-likeness (QED) is 0.501. The Morgan fingerprint density at radius 2 is 1.56 bits per heavy atom. The van der Waals surface area contributed by atoms with E-state index in [0.717, 1.165) is 0 Å². The highest BCUT2D eigenvalue weighted by atomic mass is 32.2. The summed E-state index contributed by atoms with van der Waals surface area (Å²) in [7, 11) is 0. The molecule has 9 nitrogen and oxygen atoms in total. The van der Waals surface area contributed by atoms with Gasteiger partial charge in [-0.25, -0.2) is 4.21 Å². The van der Waals surface area contributed by atoms with Crippen LogP contribution < -0.4 is 0 Å². The van der Waals surface area contributed by atoms with Crippen LogP contribution in [-0.2, 0) is 24.9 Å². The van der Waals surface area contributed by atoms with E-state index in [4.69, 9.17) is 14.4 Å². The summed E-state index contributed by atoms with van der Waals surface area (Å²) in [5.74, 6) is -3.44. The topological polar surface area (TPSA) is 144 Å². The van der Waals surface area contributed by atoms with E-state index < -0.39 is 47.0 Å². The van der Waals surface area contributed by atoms with Crippen molar-refractivity contribution in [3.63, 3.8) is 0 Å². The maximum Gasteiger partial charge on any atom is 0.306 e. The molecule has 0 aromatic rings. The van der Waals surface area contributed by atoms with Crippen LogP contribution in [0.25, 0.3) is 0 Å². The molecule has 0 spiro atoms. The molecule has 0 bridgehead atoms. The summed E-state index contributed by atoms with van der Waals surface area (Å²) in [6.45, 7) is 0. The minimum Gasteiger partial charge on any atom is -0.481 e. The first-order chi connectivity index (χ1) is 11.8. The van der Waals surface area contributed by atoms with Crippen LogP contribution in [0.15, 0.2) is 0 Å². The zero-order chi connectivity index (χ0) is 18.6. The predicted octanol–water partition coefficient (Wildman–Crippen LogP) is 1.46. The Morgan fingerprint density at radius 1 is 1.04 bits per heavy atom. The van der Waals surface area contributed by atoms with Crippen molar-refractivity contribution in [1.82, 2.24) is 0 Å². The lowest BCUT2D eigenvalue weighted by atomic mass is 9.80. The Hall–Kier alpha value is -1.55. The number of carbonyl (C=O) groups is 2. The number of nitro groups is 1. The number of rotatable bonds is 7. The van der Waals surface area contributed by atoms with Crippen molar-refractivity contribution in [3.8, 4) is 0 Å². The molecule has 2 fully saturated rings. The molecule has 0 aliphatic heterocycles. The molecule has 0 radical (unpaired) electrons. The number of carboxylic acid groups (broad SMARTS) is 2. The second-order valence-corrected chi connectivity index (χ2v) is 8.06. The average Bonchev–Trinajstić information content (AvgIpc) is 2.54. The average molecular weight is 377 g/mol. The van der Waals surface area contributed by atoms with Gasteiger partial charge < -0.3 is 10.2 Å². The number of hydrogen-bond donors (Lipinski definition) is 2. The van der Waals surface area contributed by atoms with E-state index in [-0.39, 0.29) is 35.9 Å². The summed E-state index contributed by atoms with van der Waals surface area (Å²) in [5, 5.41) is 29.0. The molecule has 25 heavy (non-hydrogen) atoms. The Morgan fingerprint density at radius 3 is 2.00 bits per heavy atom. The minimum atomic E-state index is -1.65. The zero-order valence-electron chi connectivity index (χ0n) is 13.7. The van der Waals surface area contributed by atoms with E-state index in [1.54, 1.807) is 0 Å². The predicted molar refractivity (Wildman–Crippen MR) is 86.7 cm³/mol. The fourth-order valence-electron chi connectivity index (χ4n) is 3.65. The Kier molecular flexibility index (Phi) is 6.88. The normalized spacial score (nSPS) is 34.2. The SMILES string of the molecule is O=C(O)C1CC(OS(=O)CC2CCC([N+](=O)[O-])CC2)CC(C(=O)O)C1. The first-order valence-electron chi connectivity index (χ1n) is 8.40. The summed E-state index contributed by atoms with van der Waals surface area (Å²) in [6, 6.07) is -0.531. The van der Waals surface area contributed by atoms with Gasteiger partial charge in [0.2, 0.25) is 6.04 Å². The van der Waals surface area contributed by atoms with Gasteiger partial charge in [-0.3, -0.25) is 23.9 Å². The molecule has 0 saturated heterocycles. The monoisotopic (exact) mass is 377 g/mol. The number of nitrogens with zero attached hydrogens (tertiary/aromatic N) is 1. The van der Waals surface area contributed by atoms with Gasteiger partial charge in [0.15, 0.2) is 11.1 Å². The van der Waals surface area contributed by atoms with Gasteiger partial charge in [0.1, 0.15) is 0 Å². The molecule has 2 aliphatic rings. The molecule has 3 atom stereocenters. The molecule has 0 heterocycles. The van der Waals surface area contributed by atoms with Gasteiger partial charge in [-0.2, -0.15) is 0 Å². The van der Waals surface area contributed by atoms with Crippen molar-refractivity contribution in [2.75, 3.05) is 5.75 Å². The lowest BCUT2D eigenvalue weighted by Crippen LogP contribution is -2.36. The van der Waals surface area contributed by atoms with Crippen LogP contribution in [0, 0.1) is 27.9 Å². The number of carboxylic acids is 2. The fourth-order valence-corrected chi connectivity index (χ4v) is 4.91. The second-order valence-electron chi connectivity index (χ2n) is 6.93. The summed E-state index contributed by atoms with van der Waals surface area (Å²) in [5.41, 5.74) is 0. The molecule has 2 rings (SSSR count). The summed E-state index contributed by atoms with van der Waals surface area (Å²) in [6.07, 6.45) is 1.84. The first kappa shape index (κ1) is 19.8. The molecule has 2 aliphatic carbocycles. The summed E-state index contributed by atoms with van der Waals surface area (Å²) >= 11 is -1.65. The fraction of sp³-hybridized carbons (Fsp3) is 0.867. The Bertz CT molecular complexity index is 524. The van der Waals surface area contributed by atoms with E-state index in [1.807, 2.05) is 0 Å². The smallest absolute Gasteiger partial charge is 0.306 e. The van der Waals surface area contributed by atoms with Crippen LogP contribution in [-0.4, -0.2) is 49.2 Å². The van der Waals surface area contributed by atoms with Crippen molar-refractivity contribution in [1.29, 1.82) is 0 Å². The van der Waals surface area contributed by atoms with Gasteiger partial charge >= 0.3 is 11.9 Å². The van der Waals surface area contributed by atoms with Gasteiger partial charge in [0.05, 0.1) is 23.7 Å². The molecular weight excluding hydrogens is 354 g/mol. The largest absolute Gasteiger partial charge is 0.481 e. The minimum absolute atomic E-state index is 0.0576. The van der Waals surface area contributed by atoms with Crippen LogP contribution in [0.1, 0.15) is 44.9 Å². The lowest BCUT2D eigenvalue weighted by molar-refractivity contribution is -0.526. The van der Waals surface area contributed by atoms with E-state index in [2.05, 4.69) is 0 Å². The van der Waals surface area contributed by atoms with Crippen molar-refractivity contribution in [2.45, 2.75) is 57.1 Å². The van der Waals surface area contributed by atoms with E-state index >= 15 is 0 Å². The Labute approximate surface area is 147 Å². The van der Waals surface area contributed by atoms with Gasteiger partial charge in [-0.15, -0.1) is 0 Å². The first-order valence-corrected chi connectivity index (χ1v) is 9.65. The maximum atomic E-state index is 12.2. The van der Waals surface area contributed by atoms with Crippen molar-refractivity contribution in [2.24, 2.45) is 17.8 Å². The highest BCUT2D eigenvalue weighted by Crippen LogP contribution is 2.33. The van der Waals surface area contributed by atoms with E-state index in [9.17, 15) is 23.9 Å². The lowest BCUT2D eigenvalue weighted by Gasteiger charge is -2.30. The molecule has 0 amide bonds. The molecule has 2 N–H and O–H groups in total. The number of aliphatic carboxylic acids is 2. The van der Waals surface area contributed by atoms with Crippen LogP contribution >= 0.6 is 0 Å². The van der Waals surface area contributed by atoms with Crippen LogP contribution in [0.5, 0.6) is 0 Å². The third-order valence-corrected chi connectivity index (χ3v) is 6.32. The highest BCUT2D eigenvalue weighted by molar-refractivity contribution is 7.80. The van der Waals surface area contributed by atoms with Gasteiger partial charge in [-0.1, -0.05) is 0 Å². The third kappa shape index (κ3) is 5.74. The van der Waals surface area contributed by atoms with Gasteiger partial charge in [0.25, 0.3) is 0 Å². The summed E-state index contributed by atoms with van der Waals surface area (Å²) in [4.78, 5) is 32.8. The molecule has 3 unspecified atom stereocenters. The Balaban J connectivity index is 1.83. The van der Waals surface area contributed by atoms with Gasteiger partial charge in [0, 0.05) is 17.8 Å². The zero-order valence-corrected chi connectivity index (χ0v) is 14.6. The van der Waals surface area contributed by atoms with E-state index in [1.165, 1.54) is 0 Å². The highest BCUT2D eigenvalue weighted by Gasteiger charge is 2.38. The number of hydrogen-bond acceptors (Lipinski definition) is 6. The van der Waals surface area contributed by atoms with Crippen LogP contribution in [0.2, 0.25) is 0 Å². The van der Waals surface area contributed by atoms with Crippen LogP contribution in [0.4, 0.5) is 0 Å². The maximum absolute atomic E-state index is 12.2. The molecule has 0 aromatic carbocycles. The molecule has 2 saturated carbocycles. The summed E-state index contributed by atoms with van der Waals surface area (Å²) < 4.78 is 17.6. The molecule has 142 valence electrons.